The molecule has 1 saturated heterocycles. The first-order valence-electron chi connectivity index (χ1n) is 8.67. The van der Waals surface area contributed by atoms with Crippen LogP contribution in [0.1, 0.15) is 57.8 Å². The lowest BCUT2D eigenvalue weighted by atomic mass is 10.0. The minimum atomic E-state index is 0.494. The van der Waals surface area contributed by atoms with E-state index in [1.54, 1.807) is 0 Å². The third-order valence-corrected chi connectivity index (χ3v) is 4.39. The van der Waals surface area contributed by atoms with E-state index in [1.807, 2.05) is 0 Å². The maximum atomic E-state index is 5.75. The number of ether oxygens (including phenoxy) is 1. The van der Waals surface area contributed by atoms with Gasteiger partial charge >= 0.3 is 0 Å². The maximum absolute atomic E-state index is 5.75. The van der Waals surface area contributed by atoms with Crippen LogP contribution < -0.4 is 5.32 Å². The number of hydrogen-bond acceptors (Lipinski definition) is 3. The van der Waals surface area contributed by atoms with Gasteiger partial charge in [0.15, 0.2) is 0 Å². The Bertz CT molecular complexity index is 410. The number of hydrogen-bond donors (Lipinski definition) is 1. The highest BCUT2D eigenvalue weighted by Crippen LogP contribution is 2.19. The molecular formula is C17H31N3O. The molecule has 1 fully saturated rings. The molecule has 1 N–H and O–H groups in total. The molecule has 0 amide bonds. The summed E-state index contributed by atoms with van der Waals surface area (Å²) in [6.45, 7) is 9.47. The molecule has 0 radical (unpaired) electrons. The predicted octanol–water partition coefficient (Wildman–Crippen LogP) is 2.95. The van der Waals surface area contributed by atoms with Gasteiger partial charge in [0, 0.05) is 31.3 Å². The predicted molar refractivity (Wildman–Crippen MR) is 86.7 cm³/mol. The lowest BCUT2D eigenvalue weighted by Gasteiger charge is -2.20. The van der Waals surface area contributed by atoms with Crippen LogP contribution in [0.5, 0.6) is 0 Å². The molecular weight excluding hydrogens is 262 g/mol. The van der Waals surface area contributed by atoms with E-state index >= 15 is 0 Å². The molecule has 0 aromatic carbocycles. The second kappa shape index (κ2) is 8.54. The maximum Gasteiger partial charge on any atom is 0.0624 e. The number of aromatic nitrogens is 2. The monoisotopic (exact) mass is 293 g/mol. The van der Waals surface area contributed by atoms with E-state index in [-0.39, 0.29) is 0 Å². The van der Waals surface area contributed by atoms with E-state index in [0.717, 1.165) is 32.5 Å². The average Bonchev–Trinajstić information content (AvgIpc) is 3.14. The van der Waals surface area contributed by atoms with Crippen molar-refractivity contribution in [1.82, 2.24) is 15.1 Å². The van der Waals surface area contributed by atoms with Gasteiger partial charge in [0.25, 0.3) is 0 Å². The lowest BCUT2D eigenvalue weighted by Crippen LogP contribution is -2.32. The SMILES string of the molecule is CCNC(CCC1CCCO1)Cc1cc(CC)nn1CC. The number of nitrogens with zero attached hydrogens (tertiary/aromatic N) is 2. The Morgan fingerprint density at radius 1 is 1.43 bits per heavy atom. The number of nitrogens with one attached hydrogen (secondary N) is 1. The minimum Gasteiger partial charge on any atom is -0.378 e. The van der Waals surface area contributed by atoms with Crippen molar-refractivity contribution < 1.29 is 4.74 Å². The average molecular weight is 293 g/mol. The van der Waals surface area contributed by atoms with Crippen molar-refractivity contribution >= 4 is 0 Å². The van der Waals surface area contributed by atoms with Crippen LogP contribution in [-0.2, 0) is 24.1 Å². The number of likely N-dealkylation sites (N-methyl/N-ethyl adjacent to an activating group) is 1. The van der Waals surface area contributed by atoms with Crippen molar-refractivity contribution in [3.8, 4) is 0 Å². The van der Waals surface area contributed by atoms with Gasteiger partial charge in [0.2, 0.25) is 0 Å². The summed E-state index contributed by atoms with van der Waals surface area (Å²) in [6.07, 6.45) is 7.43. The molecule has 1 aliphatic rings. The minimum absolute atomic E-state index is 0.494. The van der Waals surface area contributed by atoms with Crippen LogP contribution in [0.15, 0.2) is 6.07 Å². The van der Waals surface area contributed by atoms with Crippen molar-refractivity contribution in [3.63, 3.8) is 0 Å². The van der Waals surface area contributed by atoms with Gasteiger partial charge in [-0.2, -0.15) is 5.10 Å². The van der Waals surface area contributed by atoms with Crippen LogP contribution in [0.2, 0.25) is 0 Å². The van der Waals surface area contributed by atoms with Crippen LogP contribution in [-0.4, -0.2) is 35.1 Å². The third kappa shape index (κ3) is 4.82. The van der Waals surface area contributed by atoms with Gasteiger partial charge in [-0.1, -0.05) is 13.8 Å². The second-order valence-electron chi connectivity index (χ2n) is 5.97. The van der Waals surface area contributed by atoms with Gasteiger partial charge in [0.05, 0.1) is 11.8 Å². The molecule has 2 unspecified atom stereocenters. The molecule has 4 heteroatoms. The molecule has 1 aromatic heterocycles. The van der Waals surface area contributed by atoms with E-state index in [9.17, 15) is 0 Å². The Kier molecular flexibility index (Phi) is 6.71. The Hall–Kier alpha value is -0.870. The van der Waals surface area contributed by atoms with Crippen molar-refractivity contribution in [1.29, 1.82) is 0 Å². The van der Waals surface area contributed by atoms with Gasteiger partial charge in [-0.15, -0.1) is 0 Å². The molecule has 0 bridgehead atoms. The highest BCUT2D eigenvalue weighted by Gasteiger charge is 2.19. The summed E-state index contributed by atoms with van der Waals surface area (Å²) in [5.74, 6) is 0. The largest absolute Gasteiger partial charge is 0.378 e. The molecule has 4 nitrogen and oxygen atoms in total. The summed E-state index contributed by atoms with van der Waals surface area (Å²) < 4.78 is 7.91. The Labute approximate surface area is 129 Å². The van der Waals surface area contributed by atoms with Crippen molar-refractivity contribution in [2.24, 2.45) is 0 Å². The van der Waals surface area contributed by atoms with Gasteiger partial charge in [-0.05, 0) is 51.6 Å². The zero-order valence-corrected chi connectivity index (χ0v) is 13.9. The summed E-state index contributed by atoms with van der Waals surface area (Å²) in [6, 6.07) is 2.81. The highest BCUT2D eigenvalue weighted by atomic mass is 16.5. The van der Waals surface area contributed by atoms with Gasteiger partial charge in [0.1, 0.15) is 0 Å². The Morgan fingerprint density at radius 2 is 2.29 bits per heavy atom. The first-order chi connectivity index (χ1) is 10.3. The summed E-state index contributed by atoms with van der Waals surface area (Å²) >= 11 is 0. The summed E-state index contributed by atoms with van der Waals surface area (Å²) in [5, 5.41) is 8.30. The first kappa shape index (κ1) is 16.5. The zero-order chi connectivity index (χ0) is 15.1. The van der Waals surface area contributed by atoms with Gasteiger partial charge in [-0.25, -0.2) is 0 Å². The van der Waals surface area contributed by atoms with Crippen molar-refractivity contribution in [3.05, 3.63) is 17.5 Å². The van der Waals surface area contributed by atoms with E-state index < -0.39 is 0 Å². The van der Waals surface area contributed by atoms with Crippen molar-refractivity contribution in [2.45, 2.75) is 78.0 Å². The molecule has 2 rings (SSSR count). The Balaban J connectivity index is 1.92. The van der Waals surface area contributed by atoms with E-state index in [2.05, 4.69) is 41.9 Å². The van der Waals surface area contributed by atoms with Gasteiger partial charge < -0.3 is 10.1 Å². The first-order valence-corrected chi connectivity index (χ1v) is 8.67. The molecule has 21 heavy (non-hydrogen) atoms. The second-order valence-corrected chi connectivity index (χ2v) is 5.97. The number of aryl methyl sites for hydroxylation is 2. The van der Waals surface area contributed by atoms with E-state index in [1.165, 1.54) is 37.1 Å². The van der Waals surface area contributed by atoms with E-state index in [0.29, 0.717) is 12.1 Å². The Morgan fingerprint density at radius 3 is 2.90 bits per heavy atom. The standard InChI is InChI=1S/C17H31N3O/c1-4-14-12-16(20(6-3)19-14)13-15(18-5-2)9-10-17-8-7-11-21-17/h12,15,17-18H,4-11,13H2,1-3H3. The smallest absolute Gasteiger partial charge is 0.0624 e. The molecule has 0 saturated carbocycles. The molecule has 2 heterocycles. The summed E-state index contributed by atoms with van der Waals surface area (Å²) in [5.41, 5.74) is 2.58. The summed E-state index contributed by atoms with van der Waals surface area (Å²) in [7, 11) is 0. The normalized spacial score (nSPS) is 20.0. The molecule has 0 aliphatic carbocycles. The number of rotatable bonds is 9. The van der Waals surface area contributed by atoms with Gasteiger partial charge in [-0.3, -0.25) is 4.68 Å². The molecule has 1 aromatic rings. The fourth-order valence-electron chi connectivity index (χ4n) is 3.20. The van der Waals surface area contributed by atoms with E-state index in [4.69, 9.17) is 4.74 Å². The highest BCUT2D eigenvalue weighted by molar-refractivity contribution is 5.12. The molecule has 120 valence electrons. The van der Waals surface area contributed by atoms with Crippen LogP contribution in [0.3, 0.4) is 0 Å². The fourth-order valence-corrected chi connectivity index (χ4v) is 3.20. The van der Waals surface area contributed by atoms with Crippen LogP contribution in [0, 0.1) is 0 Å². The fraction of sp³-hybridized carbons (Fsp3) is 0.824. The van der Waals surface area contributed by atoms with Crippen molar-refractivity contribution in [2.75, 3.05) is 13.2 Å². The lowest BCUT2D eigenvalue weighted by molar-refractivity contribution is 0.0995. The molecule has 0 spiro atoms. The summed E-state index contributed by atoms with van der Waals surface area (Å²) in [4.78, 5) is 0. The van der Waals surface area contributed by atoms with Crippen LogP contribution >= 0.6 is 0 Å². The third-order valence-electron chi connectivity index (χ3n) is 4.39. The topological polar surface area (TPSA) is 39.1 Å². The molecule has 2 atom stereocenters. The van der Waals surface area contributed by atoms with Crippen LogP contribution in [0.25, 0.3) is 0 Å². The quantitative estimate of drug-likeness (QED) is 0.761. The van der Waals surface area contributed by atoms with Crippen LogP contribution in [0.4, 0.5) is 0 Å². The molecule has 1 aliphatic heterocycles. The zero-order valence-electron chi connectivity index (χ0n) is 13.9.